The van der Waals surface area contributed by atoms with Crippen molar-refractivity contribution in [2.45, 2.75) is 0 Å². The molecular weight excluding hydrogens is 311 g/mol. The molecule has 0 aliphatic rings. The lowest BCUT2D eigenvalue weighted by Gasteiger charge is -2.01. The Hall–Kier alpha value is -1.47. The summed E-state index contributed by atoms with van der Waals surface area (Å²) in [5, 5.41) is 4.30. The molecule has 2 aromatic heterocycles. The molecule has 2 heterocycles. The maximum Gasteiger partial charge on any atom is 0.377 e. The van der Waals surface area contributed by atoms with E-state index in [9.17, 15) is 4.79 Å². The molecule has 88 valence electrons. The number of hydrogen-bond donors (Lipinski definition) is 0. The molecule has 2 rings (SSSR count). The highest BCUT2D eigenvalue weighted by atomic mass is 79.9. The molecule has 0 unspecified atom stereocenters. The first-order chi connectivity index (χ1) is 8.11. The fourth-order valence-corrected chi connectivity index (χ4v) is 1.84. The number of ether oxygens (including phenoxy) is 1. The van der Waals surface area contributed by atoms with Gasteiger partial charge in [-0.05, 0) is 22.0 Å². The van der Waals surface area contributed by atoms with Crippen LogP contribution in [0.4, 0.5) is 0 Å². The lowest BCUT2D eigenvalue weighted by molar-refractivity contribution is 0.0587. The van der Waals surface area contributed by atoms with Crippen LogP contribution in [0.5, 0.6) is 0 Å². The van der Waals surface area contributed by atoms with Gasteiger partial charge in [-0.1, -0.05) is 11.6 Å². The van der Waals surface area contributed by atoms with Gasteiger partial charge in [0.25, 0.3) is 5.82 Å². The summed E-state index contributed by atoms with van der Waals surface area (Å²) in [6.45, 7) is 0. The molecular formula is C9H6BrClN4O2. The van der Waals surface area contributed by atoms with Crippen molar-refractivity contribution in [3.05, 3.63) is 33.9 Å². The average Bonchev–Trinajstić information content (AvgIpc) is 2.77. The highest BCUT2D eigenvalue weighted by Crippen LogP contribution is 2.21. The van der Waals surface area contributed by atoms with Crippen molar-refractivity contribution >= 4 is 33.5 Å². The summed E-state index contributed by atoms with van der Waals surface area (Å²) in [6, 6.07) is 1.67. The van der Waals surface area contributed by atoms with Gasteiger partial charge in [0.1, 0.15) is 6.33 Å². The molecule has 6 nitrogen and oxygen atoms in total. The molecule has 0 aliphatic heterocycles. The fourth-order valence-electron chi connectivity index (χ4n) is 1.13. The molecule has 0 N–H and O–H groups in total. The highest BCUT2D eigenvalue weighted by Gasteiger charge is 2.14. The maximum atomic E-state index is 11.2. The van der Waals surface area contributed by atoms with Gasteiger partial charge in [0.2, 0.25) is 0 Å². The highest BCUT2D eigenvalue weighted by molar-refractivity contribution is 9.10. The van der Waals surface area contributed by atoms with E-state index >= 15 is 0 Å². The van der Waals surface area contributed by atoms with Gasteiger partial charge in [-0.15, -0.1) is 5.10 Å². The Kier molecular flexibility index (Phi) is 3.39. The van der Waals surface area contributed by atoms with Crippen LogP contribution in [0.3, 0.4) is 0 Å². The topological polar surface area (TPSA) is 69.9 Å². The maximum absolute atomic E-state index is 11.2. The first kappa shape index (κ1) is 12.0. The number of hydrogen-bond acceptors (Lipinski definition) is 5. The van der Waals surface area contributed by atoms with Crippen LogP contribution in [-0.2, 0) is 4.74 Å². The lowest BCUT2D eigenvalue weighted by Crippen LogP contribution is -2.06. The first-order valence-electron chi connectivity index (χ1n) is 4.43. The average molecular weight is 318 g/mol. The Morgan fingerprint density at radius 1 is 1.53 bits per heavy atom. The molecule has 0 radical (unpaired) electrons. The Morgan fingerprint density at radius 2 is 2.29 bits per heavy atom. The van der Waals surface area contributed by atoms with Crippen LogP contribution in [0.25, 0.3) is 5.82 Å². The number of nitrogens with zero attached hydrogens (tertiary/aromatic N) is 4. The van der Waals surface area contributed by atoms with Gasteiger partial charge in [-0.2, -0.15) is 0 Å². The van der Waals surface area contributed by atoms with E-state index in [1.165, 1.54) is 18.1 Å². The van der Waals surface area contributed by atoms with Gasteiger partial charge in [-0.3, -0.25) is 0 Å². The van der Waals surface area contributed by atoms with Crippen molar-refractivity contribution in [2.75, 3.05) is 7.11 Å². The Morgan fingerprint density at radius 3 is 2.94 bits per heavy atom. The summed E-state index contributed by atoms with van der Waals surface area (Å²) < 4.78 is 6.55. The second-order valence-electron chi connectivity index (χ2n) is 2.96. The molecule has 17 heavy (non-hydrogen) atoms. The summed E-state index contributed by atoms with van der Waals surface area (Å²) in [5.74, 6) is -0.275. The molecule has 0 fully saturated rings. The molecule has 2 aromatic rings. The molecule has 8 heteroatoms. The van der Waals surface area contributed by atoms with E-state index < -0.39 is 5.97 Å². The van der Waals surface area contributed by atoms with Crippen LogP contribution in [0.15, 0.2) is 23.1 Å². The largest absolute Gasteiger partial charge is 0.463 e. The molecule has 0 saturated carbocycles. The van der Waals surface area contributed by atoms with Crippen LogP contribution in [0, 0.1) is 0 Å². The number of rotatable bonds is 2. The molecule has 0 saturated heterocycles. The van der Waals surface area contributed by atoms with E-state index in [-0.39, 0.29) is 5.82 Å². The third-order valence-electron chi connectivity index (χ3n) is 1.87. The predicted octanol–water partition coefficient (Wildman–Crippen LogP) is 1.86. The van der Waals surface area contributed by atoms with E-state index in [1.54, 1.807) is 12.3 Å². The SMILES string of the molecule is COC(=O)c1ncn(-c2ncc(Br)cc2Cl)n1. The Balaban J connectivity index is 2.40. The quantitative estimate of drug-likeness (QED) is 0.791. The Labute approximate surface area is 110 Å². The second kappa shape index (κ2) is 4.80. The number of aromatic nitrogens is 4. The third kappa shape index (κ3) is 2.45. The molecule has 0 aliphatic carbocycles. The van der Waals surface area contributed by atoms with Gasteiger partial charge in [-0.25, -0.2) is 19.4 Å². The summed E-state index contributed by atoms with van der Waals surface area (Å²) in [4.78, 5) is 19.0. The zero-order chi connectivity index (χ0) is 12.4. The predicted molar refractivity (Wildman–Crippen MR) is 63.2 cm³/mol. The van der Waals surface area contributed by atoms with Gasteiger partial charge in [0.15, 0.2) is 5.82 Å². The number of methoxy groups -OCH3 is 1. The number of carbonyl (C=O) groups excluding carboxylic acids is 1. The minimum absolute atomic E-state index is 0.0479. The molecule has 0 bridgehead atoms. The Bertz CT molecular complexity index is 572. The van der Waals surface area contributed by atoms with Crippen molar-refractivity contribution in [2.24, 2.45) is 0 Å². The fraction of sp³-hybridized carbons (Fsp3) is 0.111. The summed E-state index contributed by atoms with van der Waals surface area (Å²) in [5.41, 5.74) is 0. The monoisotopic (exact) mass is 316 g/mol. The van der Waals surface area contributed by atoms with Gasteiger partial charge >= 0.3 is 5.97 Å². The summed E-state index contributed by atoms with van der Waals surface area (Å²) >= 11 is 9.23. The van der Waals surface area contributed by atoms with E-state index in [1.807, 2.05) is 0 Å². The van der Waals surface area contributed by atoms with Crippen molar-refractivity contribution in [1.82, 2.24) is 19.7 Å². The van der Waals surface area contributed by atoms with E-state index in [2.05, 4.69) is 35.7 Å². The van der Waals surface area contributed by atoms with Gasteiger partial charge in [0, 0.05) is 10.7 Å². The molecule has 0 amide bonds. The van der Waals surface area contributed by atoms with Crippen LogP contribution in [0.1, 0.15) is 10.6 Å². The van der Waals surface area contributed by atoms with Crippen molar-refractivity contribution in [1.29, 1.82) is 0 Å². The molecule has 0 atom stereocenters. The third-order valence-corrected chi connectivity index (χ3v) is 2.58. The molecule has 0 spiro atoms. The first-order valence-corrected chi connectivity index (χ1v) is 5.60. The van der Waals surface area contributed by atoms with Crippen molar-refractivity contribution in [3.63, 3.8) is 0 Å². The minimum atomic E-state index is -0.614. The van der Waals surface area contributed by atoms with Crippen LogP contribution < -0.4 is 0 Å². The van der Waals surface area contributed by atoms with Crippen LogP contribution in [-0.4, -0.2) is 32.8 Å². The zero-order valence-corrected chi connectivity index (χ0v) is 10.9. The van der Waals surface area contributed by atoms with Crippen molar-refractivity contribution in [3.8, 4) is 5.82 Å². The van der Waals surface area contributed by atoms with E-state index in [0.29, 0.717) is 10.8 Å². The van der Waals surface area contributed by atoms with Crippen LogP contribution in [0.2, 0.25) is 5.02 Å². The van der Waals surface area contributed by atoms with Gasteiger partial charge in [0.05, 0.1) is 12.1 Å². The molecule has 0 aromatic carbocycles. The number of carbonyl (C=O) groups is 1. The van der Waals surface area contributed by atoms with Crippen molar-refractivity contribution < 1.29 is 9.53 Å². The smallest absolute Gasteiger partial charge is 0.377 e. The summed E-state index contributed by atoms with van der Waals surface area (Å²) in [7, 11) is 1.26. The van der Waals surface area contributed by atoms with E-state index in [4.69, 9.17) is 11.6 Å². The number of pyridine rings is 1. The number of esters is 1. The normalized spacial score (nSPS) is 10.3. The van der Waals surface area contributed by atoms with E-state index in [0.717, 1.165) is 4.47 Å². The van der Waals surface area contributed by atoms with Crippen LogP contribution >= 0.6 is 27.5 Å². The minimum Gasteiger partial charge on any atom is -0.463 e. The summed E-state index contributed by atoms with van der Waals surface area (Å²) in [6.07, 6.45) is 2.91. The standard InChI is InChI=1S/C9H6BrClN4O2/c1-17-9(16)7-13-4-15(14-7)8-6(11)2-5(10)3-12-8/h2-4H,1H3. The second-order valence-corrected chi connectivity index (χ2v) is 4.29. The zero-order valence-electron chi connectivity index (χ0n) is 8.59. The lowest BCUT2D eigenvalue weighted by atomic mass is 10.4. The van der Waals surface area contributed by atoms with Gasteiger partial charge < -0.3 is 4.74 Å². The number of halogens is 2.